The Bertz CT molecular complexity index is 986. The molecule has 0 aliphatic carbocycles. The first-order valence-electron chi connectivity index (χ1n) is 9.27. The minimum atomic E-state index is -1.35. The number of nitrogens with zero attached hydrogens (tertiary/aromatic N) is 3. The molecular weight excluding hydrogens is 386 g/mol. The molecule has 0 unspecified atom stereocenters. The summed E-state index contributed by atoms with van der Waals surface area (Å²) in [6.07, 6.45) is 0. The lowest BCUT2D eigenvalue weighted by Crippen LogP contribution is -2.44. The van der Waals surface area contributed by atoms with Crippen LogP contribution in [-0.4, -0.2) is 45.3 Å². The molecule has 0 spiro atoms. The highest BCUT2D eigenvalue weighted by atomic mass is 16.4. The van der Waals surface area contributed by atoms with Crippen molar-refractivity contribution in [1.82, 2.24) is 9.80 Å². The lowest BCUT2D eigenvalue weighted by atomic mass is 9.89. The third-order valence-corrected chi connectivity index (χ3v) is 5.10. The molecular formula is C21H23N5O4. The molecule has 30 heavy (non-hydrogen) atoms. The van der Waals surface area contributed by atoms with Gasteiger partial charge in [-0.2, -0.15) is 0 Å². The molecule has 1 aliphatic heterocycles. The monoisotopic (exact) mass is 409 g/mol. The highest BCUT2D eigenvalue weighted by Gasteiger charge is 2.55. The Morgan fingerprint density at radius 1 is 1.03 bits per heavy atom. The van der Waals surface area contributed by atoms with Gasteiger partial charge in [0.05, 0.1) is 6.54 Å². The Balaban J connectivity index is 1.99. The molecule has 1 atom stereocenters. The lowest BCUT2D eigenvalue weighted by molar-refractivity contribution is -0.143. The molecule has 2 aromatic carbocycles. The van der Waals surface area contributed by atoms with Gasteiger partial charge in [-0.3, -0.25) is 14.5 Å². The zero-order valence-corrected chi connectivity index (χ0v) is 16.5. The largest absolute Gasteiger partial charge is 0.480 e. The second-order valence-corrected chi connectivity index (χ2v) is 7.15. The van der Waals surface area contributed by atoms with Gasteiger partial charge < -0.3 is 21.5 Å². The number of amides is 3. The maximum atomic E-state index is 13.2. The van der Waals surface area contributed by atoms with Crippen molar-refractivity contribution in [1.29, 1.82) is 0 Å². The SMILES string of the molecule is C[C@]1(c2ccc(CN=C(N)N)cc2)C(=O)N(CC(=O)O)C(=O)N1Cc1ccccc1. The molecule has 0 bridgehead atoms. The summed E-state index contributed by atoms with van der Waals surface area (Å²) in [6, 6.07) is 15.6. The van der Waals surface area contributed by atoms with Crippen LogP contribution in [0.1, 0.15) is 23.6 Å². The van der Waals surface area contributed by atoms with Gasteiger partial charge in [-0.15, -0.1) is 0 Å². The Kier molecular flexibility index (Phi) is 5.72. The highest BCUT2D eigenvalue weighted by Crippen LogP contribution is 2.38. The summed E-state index contributed by atoms with van der Waals surface area (Å²) in [6.45, 7) is 1.38. The number of nitrogens with two attached hydrogens (primary N) is 2. The van der Waals surface area contributed by atoms with E-state index in [1.165, 1.54) is 4.90 Å². The van der Waals surface area contributed by atoms with E-state index in [-0.39, 0.29) is 19.0 Å². The fourth-order valence-corrected chi connectivity index (χ4v) is 3.47. The summed E-state index contributed by atoms with van der Waals surface area (Å²) in [5.74, 6) is -1.86. The number of hydrogen-bond acceptors (Lipinski definition) is 4. The highest BCUT2D eigenvalue weighted by molar-refractivity contribution is 6.08. The molecule has 1 aliphatic rings. The van der Waals surface area contributed by atoms with Crippen LogP contribution < -0.4 is 11.5 Å². The van der Waals surface area contributed by atoms with Crippen LogP contribution in [0.15, 0.2) is 59.6 Å². The Morgan fingerprint density at radius 3 is 2.23 bits per heavy atom. The zero-order chi connectivity index (χ0) is 21.9. The summed E-state index contributed by atoms with van der Waals surface area (Å²) in [5.41, 5.74) is 11.6. The Morgan fingerprint density at radius 2 is 1.67 bits per heavy atom. The first-order valence-corrected chi connectivity index (χ1v) is 9.27. The molecule has 9 heteroatoms. The summed E-state index contributed by atoms with van der Waals surface area (Å²) in [5, 5.41) is 9.17. The average molecular weight is 409 g/mol. The van der Waals surface area contributed by atoms with Gasteiger partial charge in [0.2, 0.25) is 0 Å². The topological polar surface area (TPSA) is 142 Å². The first kappa shape index (κ1) is 20.8. The Labute approximate surface area is 173 Å². The minimum absolute atomic E-state index is 0.0269. The van der Waals surface area contributed by atoms with Crippen LogP contribution in [0.3, 0.4) is 0 Å². The van der Waals surface area contributed by atoms with E-state index in [0.717, 1.165) is 16.0 Å². The van der Waals surface area contributed by atoms with Gasteiger partial charge >= 0.3 is 12.0 Å². The minimum Gasteiger partial charge on any atom is -0.480 e. The molecule has 0 radical (unpaired) electrons. The van der Waals surface area contributed by atoms with Gasteiger partial charge in [0.15, 0.2) is 5.96 Å². The normalized spacial score (nSPS) is 18.6. The maximum absolute atomic E-state index is 13.2. The molecule has 0 aromatic heterocycles. The summed E-state index contributed by atoms with van der Waals surface area (Å²) in [4.78, 5) is 43.6. The number of aliphatic carboxylic acids is 1. The number of carbonyl (C=O) groups is 3. The lowest BCUT2D eigenvalue weighted by Gasteiger charge is -2.32. The van der Waals surface area contributed by atoms with E-state index < -0.39 is 30.0 Å². The van der Waals surface area contributed by atoms with E-state index in [9.17, 15) is 14.4 Å². The number of guanidine groups is 1. The molecule has 156 valence electrons. The molecule has 5 N–H and O–H groups in total. The molecule has 9 nitrogen and oxygen atoms in total. The van der Waals surface area contributed by atoms with E-state index in [1.54, 1.807) is 31.2 Å². The molecule has 1 heterocycles. The molecule has 1 fully saturated rings. The third-order valence-electron chi connectivity index (χ3n) is 5.10. The van der Waals surface area contributed by atoms with Crippen molar-refractivity contribution in [2.75, 3.05) is 6.54 Å². The molecule has 0 saturated carbocycles. The number of rotatable bonds is 7. The van der Waals surface area contributed by atoms with Gasteiger partial charge in [-0.25, -0.2) is 9.79 Å². The molecule has 2 aromatic rings. The Hall–Kier alpha value is -3.88. The molecule has 3 rings (SSSR count). The maximum Gasteiger partial charge on any atom is 0.328 e. The summed E-state index contributed by atoms with van der Waals surface area (Å²) >= 11 is 0. The van der Waals surface area contributed by atoms with Crippen LogP contribution in [0.2, 0.25) is 0 Å². The number of carboxylic acids is 1. The number of carbonyl (C=O) groups excluding carboxylic acids is 2. The first-order chi connectivity index (χ1) is 14.2. The number of aliphatic imine (C=N–C) groups is 1. The van der Waals surface area contributed by atoms with E-state index in [1.807, 2.05) is 30.3 Å². The van der Waals surface area contributed by atoms with Crippen LogP contribution in [-0.2, 0) is 28.2 Å². The quantitative estimate of drug-likeness (QED) is 0.357. The van der Waals surface area contributed by atoms with Crippen molar-refractivity contribution >= 4 is 23.9 Å². The zero-order valence-electron chi connectivity index (χ0n) is 16.5. The van der Waals surface area contributed by atoms with Crippen molar-refractivity contribution in [3.8, 4) is 0 Å². The van der Waals surface area contributed by atoms with E-state index in [4.69, 9.17) is 16.6 Å². The fraction of sp³-hybridized carbons (Fsp3) is 0.238. The number of hydrogen-bond donors (Lipinski definition) is 3. The van der Waals surface area contributed by atoms with Crippen molar-refractivity contribution in [2.45, 2.75) is 25.6 Å². The van der Waals surface area contributed by atoms with Crippen molar-refractivity contribution in [3.63, 3.8) is 0 Å². The molecule has 3 amide bonds. The van der Waals surface area contributed by atoms with Gasteiger partial charge in [-0.1, -0.05) is 54.6 Å². The van der Waals surface area contributed by atoms with Crippen LogP contribution in [0, 0.1) is 0 Å². The fourth-order valence-electron chi connectivity index (χ4n) is 3.47. The smallest absolute Gasteiger partial charge is 0.328 e. The van der Waals surface area contributed by atoms with Gasteiger partial charge in [0, 0.05) is 6.54 Å². The van der Waals surface area contributed by atoms with Gasteiger partial charge in [0.25, 0.3) is 5.91 Å². The molecule has 1 saturated heterocycles. The van der Waals surface area contributed by atoms with E-state index >= 15 is 0 Å². The van der Waals surface area contributed by atoms with Crippen molar-refractivity contribution in [3.05, 3.63) is 71.3 Å². The average Bonchev–Trinajstić information content (AvgIpc) is 2.89. The van der Waals surface area contributed by atoms with Crippen LogP contribution >= 0.6 is 0 Å². The van der Waals surface area contributed by atoms with E-state index in [0.29, 0.717) is 5.56 Å². The van der Waals surface area contributed by atoms with Gasteiger partial charge in [0.1, 0.15) is 12.1 Å². The van der Waals surface area contributed by atoms with E-state index in [2.05, 4.69) is 4.99 Å². The summed E-state index contributed by atoms with van der Waals surface area (Å²) < 4.78 is 0. The van der Waals surface area contributed by atoms with Crippen molar-refractivity contribution in [2.24, 2.45) is 16.5 Å². The number of urea groups is 1. The number of benzene rings is 2. The second kappa shape index (κ2) is 8.24. The van der Waals surface area contributed by atoms with Crippen molar-refractivity contribution < 1.29 is 19.5 Å². The predicted molar refractivity (Wildman–Crippen MR) is 110 cm³/mol. The summed E-state index contributed by atoms with van der Waals surface area (Å²) in [7, 11) is 0. The number of carboxylic acid groups (broad SMARTS) is 1. The third kappa shape index (κ3) is 3.95. The standard InChI is InChI=1S/C21H23N5O4/c1-21(16-9-7-14(8-10-16)11-24-19(22)23)18(29)25(13-17(27)28)20(30)26(21)12-15-5-3-2-4-6-15/h2-10H,11-13H2,1H3,(H,27,28)(H4,22,23,24)/t21-/m0/s1. The van der Waals surface area contributed by atoms with Crippen LogP contribution in [0.5, 0.6) is 0 Å². The number of imide groups is 1. The van der Waals surface area contributed by atoms with Gasteiger partial charge in [-0.05, 0) is 23.6 Å². The van der Waals surface area contributed by atoms with Crippen LogP contribution in [0.25, 0.3) is 0 Å². The second-order valence-electron chi connectivity index (χ2n) is 7.15. The predicted octanol–water partition coefficient (Wildman–Crippen LogP) is 1.22. The van der Waals surface area contributed by atoms with Crippen LogP contribution in [0.4, 0.5) is 4.79 Å².